The number of hydrogen-bond donors (Lipinski definition) is 2. The smallest absolute Gasteiger partial charge is 0.322 e. The second-order valence-electron chi connectivity index (χ2n) is 5.40. The van der Waals surface area contributed by atoms with E-state index in [2.05, 4.69) is 20.8 Å². The van der Waals surface area contributed by atoms with Crippen LogP contribution >= 0.6 is 0 Å². The van der Waals surface area contributed by atoms with Crippen molar-refractivity contribution in [2.75, 3.05) is 10.6 Å². The standard InChI is InChI=1S/C17H13N5O5/c1-10(23)18-14-5-3-2-4-13(14)15(24)19-17-21-20-16(27-17)11-6-8-12(9-7-11)22(25)26/h2-9H,1H3,(H,18,23)(H,19,21,24). The summed E-state index contributed by atoms with van der Waals surface area (Å²) in [6.45, 7) is 1.34. The largest absolute Gasteiger partial charge is 0.403 e. The number of nitrogens with zero attached hydrogens (tertiary/aromatic N) is 3. The Balaban J connectivity index is 1.77. The maximum Gasteiger partial charge on any atom is 0.322 e. The first-order chi connectivity index (χ1) is 12.9. The Kier molecular flexibility index (Phi) is 4.88. The molecule has 0 spiro atoms. The van der Waals surface area contributed by atoms with Crippen LogP contribution in [0.3, 0.4) is 0 Å². The molecule has 2 aromatic carbocycles. The highest BCUT2D eigenvalue weighted by atomic mass is 16.6. The number of nitrogens with one attached hydrogen (secondary N) is 2. The SMILES string of the molecule is CC(=O)Nc1ccccc1C(=O)Nc1nnc(-c2ccc([N+](=O)[O-])cc2)o1. The van der Waals surface area contributed by atoms with Gasteiger partial charge in [-0.3, -0.25) is 25.0 Å². The first-order valence-electron chi connectivity index (χ1n) is 7.70. The number of para-hydroxylation sites is 1. The van der Waals surface area contributed by atoms with Gasteiger partial charge < -0.3 is 9.73 Å². The zero-order valence-electron chi connectivity index (χ0n) is 14.0. The summed E-state index contributed by atoms with van der Waals surface area (Å²) in [5.41, 5.74) is 0.967. The average molecular weight is 367 g/mol. The molecule has 136 valence electrons. The minimum atomic E-state index is -0.543. The molecule has 2 amide bonds. The van der Waals surface area contributed by atoms with Gasteiger partial charge in [-0.25, -0.2) is 0 Å². The number of amides is 2. The van der Waals surface area contributed by atoms with E-state index in [1.54, 1.807) is 18.2 Å². The predicted octanol–water partition coefficient (Wildman–Crippen LogP) is 2.86. The van der Waals surface area contributed by atoms with Crippen LogP contribution in [0.25, 0.3) is 11.5 Å². The third kappa shape index (κ3) is 4.12. The van der Waals surface area contributed by atoms with Crippen LogP contribution in [0.5, 0.6) is 0 Å². The topological polar surface area (TPSA) is 140 Å². The van der Waals surface area contributed by atoms with Gasteiger partial charge in [-0.15, -0.1) is 5.10 Å². The van der Waals surface area contributed by atoms with Gasteiger partial charge in [0.2, 0.25) is 11.8 Å². The molecule has 1 heterocycles. The molecule has 10 heteroatoms. The Morgan fingerprint density at radius 3 is 2.41 bits per heavy atom. The van der Waals surface area contributed by atoms with Crippen molar-refractivity contribution in [2.24, 2.45) is 0 Å². The third-order valence-corrected chi connectivity index (χ3v) is 3.45. The number of non-ortho nitro benzene ring substituents is 1. The van der Waals surface area contributed by atoms with Crippen molar-refractivity contribution in [3.63, 3.8) is 0 Å². The van der Waals surface area contributed by atoms with Crippen LogP contribution in [-0.4, -0.2) is 26.9 Å². The van der Waals surface area contributed by atoms with Gasteiger partial charge in [-0.1, -0.05) is 17.2 Å². The van der Waals surface area contributed by atoms with Crippen molar-refractivity contribution in [1.29, 1.82) is 0 Å². The lowest BCUT2D eigenvalue weighted by Gasteiger charge is -2.08. The highest BCUT2D eigenvalue weighted by Crippen LogP contribution is 2.23. The van der Waals surface area contributed by atoms with Crippen molar-refractivity contribution < 1.29 is 18.9 Å². The second kappa shape index (κ2) is 7.44. The zero-order valence-corrected chi connectivity index (χ0v) is 14.0. The number of carbonyl (C=O) groups is 2. The minimum absolute atomic E-state index is 0.0682. The van der Waals surface area contributed by atoms with Crippen LogP contribution in [-0.2, 0) is 4.79 Å². The van der Waals surface area contributed by atoms with E-state index in [9.17, 15) is 19.7 Å². The van der Waals surface area contributed by atoms with Crippen LogP contribution in [0.4, 0.5) is 17.4 Å². The zero-order chi connectivity index (χ0) is 19.4. The molecule has 0 aliphatic heterocycles. The fourth-order valence-corrected chi connectivity index (χ4v) is 2.26. The summed E-state index contributed by atoms with van der Waals surface area (Å²) >= 11 is 0. The number of rotatable bonds is 5. The Morgan fingerprint density at radius 1 is 1.04 bits per heavy atom. The molecule has 1 aromatic heterocycles. The van der Waals surface area contributed by atoms with E-state index in [4.69, 9.17) is 4.42 Å². The van der Waals surface area contributed by atoms with Gasteiger partial charge in [0.25, 0.3) is 11.6 Å². The van der Waals surface area contributed by atoms with E-state index in [1.807, 2.05) is 0 Å². The van der Waals surface area contributed by atoms with Gasteiger partial charge in [-0.2, -0.15) is 0 Å². The summed E-state index contributed by atoms with van der Waals surface area (Å²) in [5, 5.41) is 23.2. The van der Waals surface area contributed by atoms with Crippen molar-refractivity contribution in [3.05, 3.63) is 64.2 Å². The van der Waals surface area contributed by atoms with E-state index in [1.165, 1.54) is 37.3 Å². The first-order valence-corrected chi connectivity index (χ1v) is 7.70. The van der Waals surface area contributed by atoms with Crippen LogP contribution in [0.15, 0.2) is 52.9 Å². The normalized spacial score (nSPS) is 10.3. The number of aromatic nitrogens is 2. The Morgan fingerprint density at radius 2 is 1.74 bits per heavy atom. The van der Waals surface area contributed by atoms with Gasteiger partial charge in [0, 0.05) is 24.6 Å². The van der Waals surface area contributed by atoms with Crippen molar-refractivity contribution in [3.8, 4) is 11.5 Å². The van der Waals surface area contributed by atoms with E-state index in [0.717, 1.165) is 0 Å². The maximum atomic E-state index is 12.4. The lowest BCUT2D eigenvalue weighted by Crippen LogP contribution is -2.16. The summed E-state index contributed by atoms with van der Waals surface area (Å²) in [6, 6.07) is 11.8. The molecule has 0 unspecified atom stereocenters. The average Bonchev–Trinajstić information content (AvgIpc) is 3.10. The van der Waals surface area contributed by atoms with E-state index in [-0.39, 0.29) is 29.1 Å². The minimum Gasteiger partial charge on any atom is -0.403 e. The molecule has 0 saturated heterocycles. The number of benzene rings is 2. The van der Waals surface area contributed by atoms with Crippen LogP contribution in [0, 0.1) is 10.1 Å². The van der Waals surface area contributed by atoms with Crippen LogP contribution < -0.4 is 10.6 Å². The molecule has 0 aliphatic rings. The summed E-state index contributed by atoms with van der Waals surface area (Å²) in [6.07, 6.45) is 0. The number of carbonyl (C=O) groups excluding carboxylic acids is 2. The highest BCUT2D eigenvalue weighted by molar-refractivity contribution is 6.09. The third-order valence-electron chi connectivity index (χ3n) is 3.45. The number of nitro benzene ring substituents is 1. The lowest BCUT2D eigenvalue weighted by atomic mass is 10.1. The molecule has 0 saturated carbocycles. The second-order valence-corrected chi connectivity index (χ2v) is 5.40. The molecule has 10 nitrogen and oxygen atoms in total. The molecule has 3 rings (SSSR count). The molecule has 0 fully saturated rings. The molecule has 0 aliphatic carbocycles. The molecule has 0 bridgehead atoms. The Labute approximate surface area is 152 Å². The Hall–Kier alpha value is -4.08. The van der Waals surface area contributed by atoms with Gasteiger partial charge >= 0.3 is 6.01 Å². The van der Waals surface area contributed by atoms with E-state index in [0.29, 0.717) is 11.3 Å². The van der Waals surface area contributed by atoms with Gasteiger partial charge in [0.1, 0.15) is 0 Å². The molecule has 27 heavy (non-hydrogen) atoms. The van der Waals surface area contributed by atoms with Crippen molar-refractivity contribution in [1.82, 2.24) is 10.2 Å². The number of anilines is 2. The van der Waals surface area contributed by atoms with Gasteiger partial charge in [0.15, 0.2) is 0 Å². The summed E-state index contributed by atoms with van der Waals surface area (Å²) in [5.74, 6) is -0.762. The molecule has 0 atom stereocenters. The molecule has 2 N–H and O–H groups in total. The maximum absolute atomic E-state index is 12.4. The van der Waals surface area contributed by atoms with Crippen LogP contribution in [0.1, 0.15) is 17.3 Å². The van der Waals surface area contributed by atoms with Crippen molar-refractivity contribution >= 4 is 29.2 Å². The monoisotopic (exact) mass is 367 g/mol. The summed E-state index contributed by atoms with van der Waals surface area (Å²) < 4.78 is 5.37. The molecule has 0 radical (unpaired) electrons. The fourth-order valence-electron chi connectivity index (χ4n) is 2.26. The highest BCUT2D eigenvalue weighted by Gasteiger charge is 2.16. The molecule has 3 aromatic rings. The quantitative estimate of drug-likeness (QED) is 0.522. The fraction of sp³-hybridized carbons (Fsp3) is 0.0588. The predicted molar refractivity (Wildman–Crippen MR) is 95.1 cm³/mol. The number of hydrogen-bond acceptors (Lipinski definition) is 7. The van der Waals surface area contributed by atoms with E-state index >= 15 is 0 Å². The number of nitro groups is 1. The Bertz CT molecular complexity index is 1010. The molecular formula is C17H13N5O5. The van der Waals surface area contributed by atoms with Crippen LogP contribution in [0.2, 0.25) is 0 Å². The van der Waals surface area contributed by atoms with Gasteiger partial charge in [-0.05, 0) is 24.3 Å². The molecular weight excluding hydrogens is 354 g/mol. The summed E-state index contributed by atoms with van der Waals surface area (Å²) in [7, 11) is 0. The van der Waals surface area contributed by atoms with E-state index < -0.39 is 10.8 Å². The lowest BCUT2D eigenvalue weighted by molar-refractivity contribution is -0.384. The van der Waals surface area contributed by atoms with Crippen molar-refractivity contribution in [2.45, 2.75) is 6.92 Å². The van der Waals surface area contributed by atoms with Gasteiger partial charge in [0.05, 0.1) is 16.2 Å². The first kappa shape index (κ1) is 17.7. The summed E-state index contributed by atoms with van der Waals surface area (Å²) in [4.78, 5) is 33.8.